The summed E-state index contributed by atoms with van der Waals surface area (Å²) in [4.78, 5) is 2.78. The first-order valence-corrected chi connectivity index (χ1v) is 10.8. The third-order valence-electron chi connectivity index (χ3n) is 3.51. The van der Waals surface area contributed by atoms with Gasteiger partial charge in [-0.05, 0) is 39.0 Å². The minimum atomic E-state index is -1.83. The Balaban J connectivity index is 2.20. The minimum Gasteiger partial charge on any atom is -0.409 e. The first-order valence-electron chi connectivity index (χ1n) is 7.39. The molecular weight excluding hydrogens is 306 g/mol. The molecule has 0 spiro atoms. The third kappa shape index (κ3) is 3.99. The summed E-state index contributed by atoms with van der Waals surface area (Å²) in [5, 5.41) is 3.59. The van der Waals surface area contributed by atoms with Crippen molar-refractivity contribution in [2.75, 3.05) is 13.7 Å². The van der Waals surface area contributed by atoms with E-state index in [2.05, 4.69) is 29.7 Å². The van der Waals surface area contributed by atoms with Crippen LogP contribution in [0.4, 0.5) is 0 Å². The maximum atomic E-state index is 8.52. The number of methoxy groups -OCH3 is 1. The Kier molecular flexibility index (Phi) is 5.18. The summed E-state index contributed by atoms with van der Waals surface area (Å²) >= 11 is 0. The number of rotatable bonds is 6. The summed E-state index contributed by atoms with van der Waals surface area (Å²) < 4.78 is 29.4. The Morgan fingerprint density at radius 3 is 2.55 bits per heavy atom. The predicted octanol–water partition coefficient (Wildman–Crippen LogP) is 2.41. The second kappa shape index (κ2) is 6.44. The maximum Gasteiger partial charge on any atom is 0.190 e. The molecule has 22 heavy (non-hydrogen) atoms. The minimum absolute atomic E-state index is 0.173. The zero-order valence-corrected chi connectivity index (χ0v) is 15.0. The second-order valence-corrected chi connectivity index (χ2v) is 11.4. The number of hydrogen-bond acceptors (Lipinski definition) is 6. The Morgan fingerprint density at radius 2 is 2.00 bits per heavy atom. The van der Waals surface area contributed by atoms with Gasteiger partial charge in [0.15, 0.2) is 20.4 Å². The molecule has 126 valence electrons. The molecule has 0 bridgehead atoms. The summed E-state index contributed by atoms with van der Waals surface area (Å²) in [5.41, 5.74) is 8.52. The number of fused-ring (bicyclic) bond motifs is 1. The highest BCUT2D eigenvalue weighted by molar-refractivity contribution is 6.69. The molecule has 0 radical (unpaired) electrons. The number of ether oxygens (including phenoxy) is 4. The van der Waals surface area contributed by atoms with Crippen LogP contribution >= 0.6 is 0 Å². The monoisotopic (exact) mass is 331 g/mol. The van der Waals surface area contributed by atoms with Gasteiger partial charge in [-0.2, -0.15) is 0 Å². The van der Waals surface area contributed by atoms with Gasteiger partial charge in [0.1, 0.15) is 18.3 Å². The van der Waals surface area contributed by atoms with E-state index in [1.165, 1.54) is 0 Å². The zero-order chi connectivity index (χ0) is 16.5. The molecule has 2 saturated heterocycles. The van der Waals surface area contributed by atoms with Crippen molar-refractivity contribution in [2.24, 2.45) is 5.11 Å². The average Bonchev–Trinajstić information content (AvgIpc) is 2.83. The van der Waals surface area contributed by atoms with Gasteiger partial charge in [-0.1, -0.05) is 5.11 Å². The summed E-state index contributed by atoms with van der Waals surface area (Å²) in [5.74, 6) is -0.700. The Hall–Kier alpha value is -0.673. The van der Waals surface area contributed by atoms with Gasteiger partial charge in [0, 0.05) is 12.0 Å². The van der Waals surface area contributed by atoms with Gasteiger partial charge in [-0.25, -0.2) is 0 Å². The van der Waals surface area contributed by atoms with Crippen molar-refractivity contribution in [3.8, 4) is 0 Å². The van der Waals surface area contributed by atoms with Crippen LogP contribution in [-0.2, 0) is 23.4 Å². The second-order valence-electron chi connectivity index (χ2n) is 6.95. The summed E-state index contributed by atoms with van der Waals surface area (Å²) in [7, 11) is -0.273. The molecule has 8 nitrogen and oxygen atoms in total. The lowest BCUT2D eigenvalue weighted by Crippen LogP contribution is -2.48. The van der Waals surface area contributed by atoms with Gasteiger partial charge in [0.05, 0.1) is 12.6 Å². The van der Waals surface area contributed by atoms with Crippen molar-refractivity contribution in [1.82, 2.24) is 0 Å². The van der Waals surface area contributed by atoms with E-state index in [9.17, 15) is 0 Å². The number of hydrogen-bond donors (Lipinski definition) is 0. The molecule has 0 unspecified atom stereocenters. The molecule has 0 aromatic heterocycles. The van der Waals surface area contributed by atoms with Crippen molar-refractivity contribution in [3.63, 3.8) is 0 Å². The van der Waals surface area contributed by atoms with E-state index in [1.807, 2.05) is 13.8 Å². The zero-order valence-electron chi connectivity index (χ0n) is 14.0. The Morgan fingerprint density at radius 1 is 1.32 bits per heavy atom. The molecule has 9 heteroatoms. The van der Waals surface area contributed by atoms with Gasteiger partial charge in [0.2, 0.25) is 0 Å². The predicted molar refractivity (Wildman–Crippen MR) is 81.7 cm³/mol. The average molecular weight is 331 g/mol. The lowest BCUT2D eigenvalue weighted by Gasteiger charge is -2.33. The fraction of sp³-hybridized carbons (Fsp3) is 1.00. The van der Waals surface area contributed by atoms with Gasteiger partial charge in [0.25, 0.3) is 0 Å². The van der Waals surface area contributed by atoms with Crippen LogP contribution in [-0.4, -0.2) is 58.5 Å². The van der Waals surface area contributed by atoms with E-state index in [-0.39, 0.29) is 18.8 Å². The van der Waals surface area contributed by atoms with Gasteiger partial charge in [-0.3, -0.25) is 0 Å². The highest BCUT2D eigenvalue weighted by atomic mass is 28.4. The molecule has 2 heterocycles. The van der Waals surface area contributed by atoms with Crippen LogP contribution in [0.2, 0.25) is 19.6 Å². The molecule has 0 amide bonds. The van der Waals surface area contributed by atoms with Gasteiger partial charge >= 0.3 is 0 Å². The fourth-order valence-electron chi connectivity index (χ4n) is 2.78. The van der Waals surface area contributed by atoms with Crippen LogP contribution in [0.1, 0.15) is 13.8 Å². The molecule has 0 saturated carbocycles. The number of nitrogens with zero attached hydrogens (tertiary/aromatic N) is 3. The molecule has 0 aliphatic carbocycles. The topological polar surface area (TPSA) is 94.9 Å². The summed E-state index contributed by atoms with van der Waals surface area (Å²) in [6, 6.07) is 0. The molecule has 0 N–H and O–H groups in total. The van der Waals surface area contributed by atoms with Crippen LogP contribution in [0.3, 0.4) is 0 Å². The van der Waals surface area contributed by atoms with Crippen molar-refractivity contribution in [1.29, 1.82) is 0 Å². The van der Waals surface area contributed by atoms with Crippen LogP contribution in [0, 0.1) is 0 Å². The van der Waals surface area contributed by atoms with Crippen LogP contribution < -0.4 is 0 Å². The lowest BCUT2D eigenvalue weighted by molar-refractivity contribution is -0.225. The van der Waals surface area contributed by atoms with Crippen LogP contribution in [0.25, 0.3) is 10.4 Å². The molecule has 0 aromatic carbocycles. The molecule has 2 fully saturated rings. The van der Waals surface area contributed by atoms with Crippen molar-refractivity contribution < 1.29 is 23.4 Å². The lowest BCUT2D eigenvalue weighted by atomic mass is 10.1. The smallest absolute Gasteiger partial charge is 0.190 e. The SMILES string of the molecule is CO[C@H](CN=[N+]=[N-])[C@H]1O[C@@H]2OC(C)(C)O[C@H]2[C@H]1O[Si](C)(C)C. The van der Waals surface area contributed by atoms with Crippen LogP contribution in [0.15, 0.2) is 5.11 Å². The molecule has 2 aliphatic heterocycles. The van der Waals surface area contributed by atoms with E-state index >= 15 is 0 Å². The maximum absolute atomic E-state index is 8.52. The van der Waals surface area contributed by atoms with Gasteiger partial charge in [-0.15, -0.1) is 0 Å². The largest absolute Gasteiger partial charge is 0.409 e. The highest BCUT2D eigenvalue weighted by Gasteiger charge is 2.57. The van der Waals surface area contributed by atoms with E-state index in [4.69, 9.17) is 28.9 Å². The first kappa shape index (κ1) is 17.7. The molecule has 0 aromatic rings. The van der Waals surface area contributed by atoms with E-state index < -0.39 is 32.6 Å². The van der Waals surface area contributed by atoms with Crippen molar-refractivity contribution >= 4 is 8.32 Å². The first-order chi connectivity index (χ1) is 10.2. The fourth-order valence-corrected chi connectivity index (χ4v) is 3.86. The van der Waals surface area contributed by atoms with E-state index in [0.717, 1.165) is 0 Å². The molecule has 2 aliphatic rings. The molecule has 2 rings (SSSR count). The summed E-state index contributed by atoms with van der Waals surface area (Å²) in [6.07, 6.45) is -1.91. The van der Waals surface area contributed by atoms with E-state index in [1.54, 1.807) is 7.11 Å². The molecular formula is C13H25N3O5Si. The van der Waals surface area contributed by atoms with Crippen molar-refractivity contribution in [3.05, 3.63) is 10.4 Å². The Labute approximate surface area is 131 Å². The normalized spacial score (nSPS) is 35.0. The summed E-state index contributed by atoms with van der Waals surface area (Å²) in [6.45, 7) is 10.2. The van der Waals surface area contributed by atoms with Gasteiger partial charge < -0.3 is 23.4 Å². The third-order valence-corrected chi connectivity index (χ3v) is 4.49. The highest BCUT2D eigenvalue weighted by Crippen LogP contribution is 2.40. The number of azide groups is 1. The van der Waals surface area contributed by atoms with Crippen LogP contribution in [0.5, 0.6) is 0 Å². The quantitative estimate of drug-likeness (QED) is 0.322. The molecule has 5 atom stereocenters. The van der Waals surface area contributed by atoms with E-state index in [0.29, 0.717) is 0 Å². The van der Waals surface area contributed by atoms with Crippen molar-refractivity contribution in [2.45, 2.75) is 70.0 Å². The Bertz CT molecular complexity index is 449. The standard InChI is InChI=1S/C13H25N3O5Si/c1-13(2)19-11-10(21-22(4,5)6)9(18-12(11)20-13)8(17-3)7-15-16-14/h8-12H,7H2,1-6H3/t8-,9-,10+,11+,12-/m1/s1.